The lowest BCUT2D eigenvalue weighted by Gasteiger charge is -2.38. The average molecular weight is 288 g/mol. The molecular formula is C17H20O4. The molecule has 4 nitrogen and oxygen atoms in total. The van der Waals surface area contributed by atoms with Gasteiger partial charge in [0.05, 0.1) is 24.9 Å². The van der Waals surface area contributed by atoms with Crippen molar-refractivity contribution in [3.05, 3.63) is 48.0 Å². The summed E-state index contributed by atoms with van der Waals surface area (Å²) in [6.07, 6.45) is 2.20. The molecule has 2 fully saturated rings. The molecule has 2 unspecified atom stereocenters. The highest BCUT2D eigenvalue weighted by molar-refractivity contribution is 5.90. The summed E-state index contributed by atoms with van der Waals surface area (Å²) in [7, 11) is 1.37. The minimum atomic E-state index is -0.744. The van der Waals surface area contributed by atoms with Crippen molar-refractivity contribution in [3.63, 3.8) is 0 Å². The second-order valence-electron chi connectivity index (χ2n) is 5.58. The number of methoxy groups -OCH3 is 1. The first-order chi connectivity index (χ1) is 10.2. The molecule has 0 spiro atoms. The standard InChI is InChI=1S/C17H20O4/c1-12(16(18)19-2)17-11-14(13-7-4-3-5-8-13)21-15(17)9-6-10-20-17/h3-5,7-8,14-15H,1,6,9-11H2,2H3/t14?,15?,17-/m1/s1. The minimum absolute atomic E-state index is 0.0734. The molecule has 112 valence electrons. The molecule has 0 aliphatic carbocycles. The van der Waals surface area contributed by atoms with Crippen molar-refractivity contribution in [3.8, 4) is 0 Å². The van der Waals surface area contributed by atoms with E-state index in [4.69, 9.17) is 14.2 Å². The third kappa shape index (κ3) is 2.39. The van der Waals surface area contributed by atoms with Crippen LogP contribution in [-0.2, 0) is 19.0 Å². The molecule has 0 aromatic heterocycles. The number of carbonyl (C=O) groups is 1. The molecular weight excluding hydrogens is 268 g/mol. The van der Waals surface area contributed by atoms with E-state index < -0.39 is 11.6 Å². The zero-order chi connectivity index (χ0) is 14.9. The van der Waals surface area contributed by atoms with Crippen molar-refractivity contribution >= 4 is 5.97 Å². The molecule has 1 aromatic rings. The monoisotopic (exact) mass is 288 g/mol. The van der Waals surface area contributed by atoms with E-state index in [0.717, 1.165) is 18.4 Å². The highest BCUT2D eigenvalue weighted by Crippen LogP contribution is 2.49. The van der Waals surface area contributed by atoms with Crippen LogP contribution < -0.4 is 0 Å². The summed E-state index contributed by atoms with van der Waals surface area (Å²) in [6.45, 7) is 4.55. The summed E-state index contributed by atoms with van der Waals surface area (Å²) in [4.78, 5) is 11.9. The van der Waals surface area contributed by atoms with Gasteiger partial charge in [-0.25, -0.2) is 4.79 Å². The molecule has 0 saturated carbocycles. The molecule has 0 radical (unpaired) electrons. The smallest absolute Gasteiger partial charge is 0.336 e. The predicted octanol–water partition coefficient (Wildman–Crippen LogP) is 2.80. The van der Waals surface area contributed by atoms with Crippen LogP contribution in [0.2, 0.25) is 0 Å². The third-order valence-electron chi connectivity index (χ3n) is 4.42. The van der Waals surface area contributed by atoms with Crippen LogP contribution in [0.1, 0.15) is 30.9 Å². The fraction of sp³-hybridized carbons (Fsp3) is 0.471. The quantitative estimate of drug-likeness (QED) is 0.634. The summed E-state index contributed by atoms with van der Waals surface area (Å²) in [6, 6.07) is 10.0. The SMILES string of the molecule is C=C(C(=O)OC)[C@]12CC(c3ccccc3)OC1CCCO2. The maximum absolute atomic E-state index is 11.9. The van der Waals surface area contributed by atoms with Gasteiger partial charge in [0, 0.05) is 13.0 Å². The second-order valence-corrected chi connectivity index (χ2v) is 5.58. The largest absolute Gasteiger partial charge is 0.466 e. The lowest BCUT2D eigenvalue weighted by Crippen LogP contribution is -2.48. The van der Waals surface area contributed by atoms with Gasteiger partial charge < -0.3 is 14.2 Å². The summed E-state index contributed by atoms with van der Waals surface area (Å²) in [5.41, 5.74) is 0.729. The van der Waals surface area contributed by atoms with Gasteiger partial charge in [-0.2, -0.15) is 0 Å². The van der Waals surface area contributed by atoms with E-state index in [-0.39, 0.29) is 12.2 Å². The lowest BCUT2D eigenvalue weighted by molar-refractivity contribution is -0.146. The van der Waals surface area contributed by atoms with Gasteiger partial charge in [-0.05, 0) is 18.4 Å². The van der Waals surface area contributed by atoms with E-state index in [0.29, 0.717) is 18.6 Å². The Morgan fingerprint density at radius 2 is 2.14 bits per heavy atom. The van der Waals surface area contributed by atoms with Crippen molar-refractivity contribution in [2.45, 2.75) is 37.1 Å². The first-order valence-corrected chi connectivity index (χ1v) is 7.29. The molecule has 21 heavy (non-hydrogen) atoms. The number of ether oxygens (including phenoxy) is 3. The van der Waals surface area contributed by atoms with E-state index >= 15 is 0 Å². The molecule has 2 aliphatic heterocycles. The number of fused-ring (bicyclic) bond motifs is 1. The van der Waals surface area contributed by atoms with Gasteiger partial charge in [0.1, 0.15) is 5.60 Å². The average Bonchev–Trinajstić information content (AvgIpc) is 2.95. The van der Waals surface area contributed by atoms with Gasteiger partial charge in [-0.1, -0.05) is 36.9 Å². The predicted molar refractivity (Wildman–Crippen MR) is 77.7 cm³/mol. The summed E-state index contributed by atoms with van der Waals surface area (Å²) in [5, 5.41) is 0. The number of carbonyl (C=O) groups excluding carboxylic acids is 1. The van der Waals surface area contributed by atoms with Crippen molar-refractivity contribution in [1.29, 1.82) is 0 Å². The van der Waals surface area contributed by atoms with Crippen molar-refractivity contribution in [2.75, 3.05) is 13.7 Å². The topological polar surface area (TPSA) is 44.8 Å². The van der Waals surface area contributed by atoms with Crippen molar-refractivity contribution < 1.29 is 19.0 Å². The summed E-state index contributed by atoms with van der Waals surface area (Å²) >= 11 is 0. The van der Waals surface area contributed by atoms with Gasteiger partial charge in [0.25, 0.3) is 0 Å². The van der Waals surface area contributed by atoms with E-state index in [1.165, 1.54) is 7.11 Å². The Hall–Kier alpha value is -1.65. The Kier molecular flexibility index (Phi) is 3.83. The fourth-order valence-corrected chi connectivity index (χ4v) is 3.30. The Labute approximate surface area is 124 Å². The molecule has 0 bridgehead atoms. The van der Waals surface area contributed by atoms with Gasteiger partial charge in [0.15, 0.2) is 0 Å². The van der Waals surface area contributed by atoms with Crippen LogP contribution in [0.3, 0.4) is 0 Å². The Morgan fingerprint density at radius 1 is 1.38 bits per heavy atom. The van der Waals surface area contributed by atoms with Crippen LogP contribution >= 0.6 is 0 Å². The molecule has 0 N–H and O–H groups in total. The zero-order valence-corrected chi connectivity index (χ0v) is 12.2. The molecule has 1 aromatic carbocycles. The summed E-state index contributed by atoms with van der Waals surface area (Å²) < 4.78 is 17.0. The van der Waals surface area contributed by atoms with Crippen LogP contribution in [0, 0.1) is 0 Å². The van der Waals surface area contributed by atoms with E-state index in [9.17, 15) is 4.79 Å². The van der Waals surface area contributed by atoms with E-state index in [1.807, 2.05) is 30.3 Å². The van der Waals surface area contributed by atoms with Gasteiger partial charge in [-0.15, -0.1) is 0 Å². The molecule has 0 amide bonds. The fourth-order valence-electron chi connectivity index (χ4n) is 3.30. The molecule has 3 rings (SSSR count). The number of hydrogen-bond donors (Lipinski definition) is 0. The lowest BCUT2D eigenvalue weighted by atomic mass is 9.81. The van der Waals surface area contributed by atoms with Crippen LogP contribution in [0.25, 0.3) is 0 Å². The van der Waals surface area contributed by atoms with Gasteiger partial charge in [0.2, 0.25) is 0 Å². The molecule has 2 heterocycles. The van der Waals surface area contributed by atoms with Crippen LogP contribution in [0.5, 0.6) is 0 Å². The minimum Gasteiger partial charge on any atom is -0.466 e. The third-order valence-corrected chi connectivity index (χ3v) is 4.42. The Bertz CT molecular complexity index is 539. The van der Waals surface area contributed by atoms with E-state index in [1.54, 1.807) is 0 Å². The highest BCUT2D eigenvalue weighted by atomic mass is 16.6. The normalized spacial score (nSPS) is 31.5. The molecule has 4 heteroatoms. The second kappa shape index (κ2) is 5.62. The Balaban J connectivity index is 1.90. The first-order valence-electron chi connectivity index (χ1n) is 7.29. The summed E-state index contributed by atoms with van der Waals surface area (Å²) in [5.74, 6) is -0.417. The van der Waals surface area contributed by atoms with E-state index in [2.05, 4.69) is 6.58 Å². The maximum Gasteiger partial charge on any atom is 0.336 e. The van der Waals surface area contributed by atoms with Crippen LogP contribution in [0.4, 0.5) is 0 Å². The van der Waals surface area contributed by atoms with Gasteiger partial charge in [-0.3, -0.25) is 0 Å². The first kappa shape index (κ1) is 14.3. The Morgan fingerprint density at radius 3 is 2.86 bits per heavy atom. The number of benzene rings is 1. The zero-order valence-electron chi connectivity index (χ0n) is 12.2. The maximum atomic E-state index is 11.9. The molecule has 3 atom stereocenters. The molecule has 2 saturated heterocycles. The number of rotatable bonds is 3. The number of hydrogen-bond acceptors (Lipinski definition) is 4. The number of esters is 1. The highest BCUT2D eigenvalue weighted by Gasteiger charge is 2.55. The molecule has 2 aliphatic rings. The van der Waals surface area contributed by atoms with Crippen molar-refractivity contribution in [1.82, 2.24) is 0 Å². The van der Waals surface area contributed by atoms with Gasteiger partial charge >= 0.3 is 5.97 Å². The van der Waals surface area contributed by atoms with Crippen LogP contribution in [-0.4, -0.2) is 31.4 Å². The van der Waals surface area contributed by atoms with Crippen molar-refractivity contribution in [2.24, 2.45) is 0 Å². The van der Waals surface area contributed by atoms with Crippen LogP contribution in [0.15, 0.2) is 42.5 Å².